The van der Waals surface area contributed by atoms with Crippen molar-refractivity contribution in [2.45, 2.75) is 13.8 Å². The molecule has 0 saturated heterocycles. The summed E-state index contributed by atoms with van der Waals surface area (Å²) in [6, 6.07) is 0. The van der Waals surface area contributed by atoms with Gasteiger partial charge in [-0.1, -0.05) is 0 Å². The van der Waals surface area contributed by atoms with E-state index in [1.165, 1.54) is 0 Å². The topological polar surface area (TPSA) is 35.5 Å². The first kappa shape index (κ1) is 6.13. The summed E-state index contributed by atoms with van der Waals surface area (Å²) >= 11 is 0. The van der Waals surface area contributed by atoms with Crippen LogP contribution in [0.15, 0.2) is 11.3 Å². The van der Waals surface area contributed by atoms with Crippen molar-refractivity contribution in [1.82, 2.24) is 0 Å². The Morgan fingerprint density at radius 1 is 1.33 bits per heavy atom. The van der Waals surface area contributed by atoms with E-state index in [0.717, 1.165) is 0 Å². The SMILES string of the molecule is CC1=C(C)C(=O)OCO1. The molecule has 3 heteroatoms. The van der Waals surface area contributed by atoms with Crippen molar-refractivity contribution in [3.63, 3.8) is 0 Å². The Morgan fingerprint density at radius 2 is 2.00 bits per heavy atom. The highest BCUT2D eigenvalue weighted by Gasteiger charge is 2.14. The van der Waals surface area contributed by atoms with Gasteiger partial charge in [0.15, 0.2) is 0 Å². The molecule has 0 aromatic carbocycles. The average molecular weight is 128 g/mol. The minimum Gasteiger partial charge on any atom is -0.461 e. The van der Waals surface area contributed by atoms with Gasteiger partial charge in [-0.05, 0) is 13.8 Å². The molecule has 0 radical (unpaired) electrons. The lowest BCUT2D eigenvalue weighted by atomic mass is 10.2. The summed E-state index contributed by atoms with van der Waals surface area (Å²) in [5.74, 6) is 0.380. The first-order chi connectivity index (χ1) is 4.22. The van der Waals surface area contributed by atoms with Gasteiger partial charge >= 0.3 is 5.97 Å². The number of esters is 1. The molecule has 1 aliphatic heterocycles. The van der Waals surface area contributed by atoms with Gasteiger partial charge in [0.05, 0.1) is 5.57 Å². The van der Waals surface area contributed by atoms with Gasteiger partial charge in [-0.25, -0.2) is 4.79 Å². The smallest absolute Gasteiger partial charge is 0.339 e. The Balaban J connectivity index is 2.84. The molecule has 50 valence electrons. The summed E-state index contributed by atoms with van der Waals surface area (Å²) in [6.07, 6.45) is 0. The van der Waals surface area contributed by atoms with Crippen LogP contribution in [-0.2, 0) is 14.3 Å². The summed E-state index contributed by atoms with van der Waals surface area (Å²) in [5, 5.41) is 0. The third kappa shape index (κ3) is 1.04. The van der Waals surface area contributed by atoms with Crippen molar-refractivity contribution >= 4 is 5.97 Å². The van der Waals surface area contributed by atoms with Gasteiger partial charge in [-0.2, -0.15) is 0 Å². The zero-order chi connectivity index (χ0) is 6.85. The van der Waals surface area contributed by atoms with Crippen LogP contribution >= 0.6 is 0 Å². The summed E-state index contributed by atoms with van der Waals surface area (Å²) in [5.41, 5.74) is 0.557. The number of carbonyl (C=O) groups excluding carboxylic acids is 1. The second-order valence-electron chi connectivity index (χ2n) is 1.88. The van der Waals surface area contributed by atoms with E-state index in [2.05, 4.69) is 4.74 Å². The summed E-state index contributed by atoms with van der Waals surface area (Å²) < 4.78 is 9.44. The van der Waals surface area contributed by atoms with Crippen molar-refractivity contribution < 1.29 is 14.3 Å². The second-order valence-corrected chi connectivity index (χ2v) is 1.88. The van der Waals surface area contributed by atoms with E-state index < -0.39 is 0 Å². The van der Waals surface area contributed by atoms with E-state index in [1.807, 2.05) is 0 Å². The van der Waals surface area contributed by atoms with Crippen LogP contribution in [0.2, 0.25) is 0 Å². The second kappa shape index (κ2) is 2.09. The van der Waals surface area contributed by atoms with E-state index in [-0.39, 0.29) is 12.8 Å². The van der Waals surface area contributed by atoms with E-state index in [4.69, 9.17) is 4.74 Å². The molecule has 0 N–H and O–H groups in total. The van der Waals surface area contributed by atoms with Crippen molar-refractivity contribution in [3.8, 4) is 0 Å². The number of hydrogen-bond donors (Lipinski definition) is 0. The number of hydrogen-bond acceptors (Lipinski definition) is 3. The van der Waals surface area contributed by atoms with E-state index in [1.54, 1.807) is 13.8 Å². The molecule has 0 saturated carbocycles. The molecule has 0 fully saturated rings. The van der Waals surface area contributed by atoms with Gasteiger partial charge in [0.25, 0.3) is 0 Å². The number of rotatable bonds is 0. The van der Waals surface area contributed by atoms with E-state index in [0.29, 0.717) is 11.3 Å². The molecular weight excluding hydrogens is 120 g/mol. The molecule has 0 unspecified atom stereocenters. The standard InChI is InChI=1S/C6H8O3/c1-4-5(2)8-3-9-6(4)7/h3H2,1-2H3. The first-order valence-electron chi connectivity index (χ1n) is 2.69. The van der Waals surface area contributed by atoms with E-state index >= 15 is 0 Å². The predicted molar refractivity (Wildman–Crippen MR) is 30.4 cm³/mol. The van der Waals surface area contributed by atoms with Crippen LogP contribution < -0.4 is 0 Å². The fraction of sp³-hybridized carbons (Fsp3) is 0.500. The summed E-state index contributed by atoms with van der Waals surface area (Å²) in [7, 11) is 0. The normalized spacial score (nSPS) is 19.1. The molecule has 0 aliphatic carbocycles. The lowest BCUT2D eigenvalue weighted by molar-refractivity contribution is -0.153. The Morgan fingerprint density at radius 3 is 2.44 bits per heavy atom. The van der Waals surface area contributed by atoms with Gasteiger partial charge in [-0.15, -0.1) is 0 Å². The molecular formula is C6H8O3. The summed E-state index contributed by atoms with van der Waals surface area (Å²) in [4.78, 5) is 10.6. The van der Waals surface area contributed by atoms with Crippen LogP contribution in [0.1, 0.15) is 13.8 Å². The molecule has 3 nitrogen and oxygen atoms in total. The minimum absolute atomic E-state index is 0.0575. The monoisotopic (exact) mass is 128 g/mol. The Labute approximate surface area is 53.3 Å². The molecule has 0 atom stereocenters. The molecule has 1 heterocycles. The van der Waals surface area contributed by atoms with Gasteiger partial charge in [0.1, 0.15) is 5.76 Å². The Bertz CT molecular complexity index is 169. The quantitative estimate of drug-likeness (QED) is 0.453. The molecule has 1 rings (SSSR count). The minimum atomic E-state index is -0.279. The highest BCUT2D eigenvalue weighted by molar-refractivity contribution is 5.88. The zero-order valence-corrected chi connectivity index (χ0v) is 5.43. The largest absolute Gasteiger partial charge is 0.461 e. The number of allylic oxidation sites excluding steroid dienone is 1. The molecule has 0 spiro atoms. The number of cyclic esters (lactones) is 1. The van der Waals surface area contributed by atoms with Crippen LogP contribution in [0.5, 0.6) is 0 Å². The predicted octanol–water partition coefficient (Wildman–Crippen LogP) is 0.811. The van der Waals surface area contributed by atoms with Gasteiger partial charge in [-0.3, -0.25) is 0 Å². The van der Waals surface area contributed by atoms with Crippen molar-refractivity contribution in [1.29, 1.82) is 0 Å². The third-order valence-electron chi connectivity index (χ3n) is 1.30. The number of ether oxygens (including phenoxy) is 2. The number of carbonyl (C=O) groups is 1. The van der Waals surface area contributed by atoms with Gasteiger partial charge in [0, 0.05) is 0 Å². The average Bonchev–Trinajstić information content (AvgIpc) is 1.83. The van der Waals surface area contributed by atoms with Gasteiger partial charge < -0.3 is 9.47 Å². The Kier molecular flexibility index (Phi) is 1.42. The van der Waals surface area contributed by atoms with Crippen LogP contribution in [0.25, 0.3) is 0 Å². The maximum absolute atomic E-state index is 10.6. The van der Waals surface area contributed by atoms with Crippen molar-refractivity contribution in [2.75, 3.05) is 6.79 Å². The maximum atomic E-state index is 10.6. The highest BCUT2D eigenvalue weighted by atomic mass is 16.7. The van der Waals surface area contributed by atoms with Gasteiger partial charge in [0.2, 0.25) is 6.79 Å². The van der Waals surface area contributed by atoms with Crippen molar-refractivity contribution in [3.05, 3.63) is 11.3 Å². The fourth-order valence-electron chi connectivity index (χ4n) is 0.532. The highest BCUT2D eigenvalue weighted by Crippen LogP contribution is 2.11. The fourth-order valence-corrected chi connectivity index (χ4v) is 0.532. The summed E-state index contributed by atoms with van der Waals surface area (Å²) in [6.45, 7) is 3.48. The molecule has 0 amide bonds. The molecule has 0 aromatic rings. The van der Waals surface area contributed by atoms with Crippen molar-refractivity contribution in [2.24, 2.45) is 0 Å². The van der Waals surface area contributed by atoms with Crippen LogP contribution in [0, 0.1) is 0 Å². The van der Waals surface area contributed by atoms with E-state index in [9.17, 15) is 4.79 Å². The maximum Gasteiger partial charge on any atom is 0.339 e. The molecule has 0 bridgehead atoms. The first-order valence-corrected chi connectivity index (χ1v) is 2.69. The van der Waals surface area contributed by atoms with Crippen LogP contribution in [0.4, 0.5) is 0 Å². The lowest BCUT2D eigenvalue weighted by Crippen LogP contribution is -2.16. The molecule has 1 aliphatic rings. The van der Waals surface area contributed by atoms with Crippen LogP contribution in [0.3, 0.4) is 0 Å². The molecule has 0 aromatic heterocycles. The zero-order valence-electron chi connectivity index (χ0n) is 5.43. The van der Waals surface area contributed by atoms with Crippen LogP contribution in [-0.4, -0.2) is 12.8 Å². The lowest BCUT2D eigenvalue weighted by Gasteiger charge is -2.14. The molecule has 9 heavy (non-hydrogen) atoms. The Hall–Kier alpha value is -0.990. The third-order valence-corrected chi connectivity index (χ3v) is 1.30.